The first-order valence-electron chi connectivity index (χ1n) is 12.2. The van der Waals surface area contributed by atoms with E-state index in [1.807, 2.05) is 42.4 Å². The smallest absolute Gasteiger partial charge is 0.253 e. The Balaban J connectivity index is 1.41. The summed E-state index contributed by atoms with van der Waals surface area (Å²) in [6.07, 6.45) is 6.87. The third kappa shape index (κ3) is 6.25. The van der Waals surface area contributed by atoms with Gasteiger partial charge in [-0.25, -0.2) is 0 Å². The number of aromatic amines is 1. The zero-order valence-electron chi connectivity index (χ0n) is 20.6. The van der Waals surface area contributed by atoms with Crippen LogP contribution in [0.2, 0.25) is 0 Å². The zero-order valence-corrected chi connectivity index (χ0v) is 20.6. The molecule has 0 unspecified atom stereocenters. The van der Waals surface area contributed by atoms with Crippen LogP contribution in [-0.2, 0) is 0 Å². The van der Waals surface area contributed by atoms with Crippen molar-refractivity contribution in [3.63, 3.8) is 0 Å². The van der Waals surface area contributed by atoms with E-state index in [9.17, 15) is 4.79 Å². The molecule has 0 spiro atoms. The number of hydrogen-bond donors (Lipinski definition) is 4. The molecule has 1 amide bonds. The summed E-state index contributed by atoms with van der Waals surface area (Å²) in [5.74, 6) is 0.0552. The lowest BCUT2D eigenvalue weighted by Gasteiger charge is -2.35. The molecule has 0 atom stereocenters. The fourth-order valence-electron chi connectivity index (χ4n) is 4.63. The number of carbonyl (C=O) groups is 1. The van der Waals surface area contributed by atoms with Gasteiger partial charge < -0.3 is 25.8 Å². The van der Waals surface area contributed by atoms with Crippen LogP contribution >= 0.6 is 0 Å². The van der Waals surface area contributed by atoms with Gasteiger partial charge in [-0.15, -0.1) is 0 Å². The Morgan fingerprint density at radius 1 is 1.23 bits per heavy atom. The van der Waals surface area contributed by atoms with Crippen molar-refractivity contribution < 1.29 is 4.79 Å². The average molecular weight is 477 g/mol. The van der Waals surface area contributed by atoms with E-state index >= 15 is 0 Å². The van der Waals surface area contributed by atoms with Crippen molar-refractivity contribution in [3.8, 4) is 0 Å². The number of guanidine groups is 1. The molecule has 9 heteroatoms. The van der Waals surface area contributed by atoms with Gasteiger partial charge in [-0.1, -0.05) is 6.08 Å². The number of carbonyl (C=O) groups excluding carboxylic acids is 1. The minimum Gasteiger partial charge on any atom is -0.346 e. The molecule has 4 rings (SSSR count). The minimum atomic E-state index is 0.0243. The molecule has 0 bridgehead atoms. The molecule has 1 aromatic heterocycles. The maximum Gasteiger partial charge on any atom is 0.253 e. The van der Waals surface area contributed by atoms with Crippen LogP contribution in [0.15, 0.2) is 53.7 Å². The molecule has 1 aromatic carbocycles. The van der Waals surface area contributed by atoms with Gasteiger partial charge in [0.1, 0.15) is 5.49 Å². The van der Waals surface area contributed by atoms with Crippen LogP contribution in [0.25, 0.3) is 5.57 Å². The van der Waals surface area contributed by atoms with Gasteiger partial charge in [0.15, 0.2) is 0 Å². The van der Waals surface area contributed by atoms with Crippen molar-refractivity contribution in [1.82, 2.24) is 19.7 Å². The number of hydrogen-bond acceptors (Lipinski definition) is 5. The first kappa shape index (κ1) is 24.8. The number of likely N-dealkylation sites (tertiary alicyclic amines) is 1. The summed E-state index contributed by atoms with van der Waals surface area (Å²) in [5.41, 5.74) is 9.95. The number of benzene rings is 1. The number of nitrogens with one attached hydrogen (secondary N) is 3. The van der Waals surface area contributed by atoms with Crippen molar-refractivity contribution in [1.29, 1.82) is 5.41 Å². The average Bonchev–Trinajstić information content (AvgIpc) is 2.89. The molecular weight excluding hydrogens is 440 g/mol. The molecule has 2 aliphatic heterocycles. The van der Waals surface area contributed by atoms with E-state index in [0.717, 1.165) is 51.0 Å². The lowest BCUT2D eigenvalue weighted by Crippen LogP contribution is -2.44. The van der Waals surface area contributed by atoms with Crippen molar-refractivity contribution >= 4 is 23.1 Å². The lowest BCUT2D eigenvalue weighted by molar-refractivity contribution is 0.0659. The molecule has 2 aliphatic rings. The van der Waals surface area contributed by atoms with E-state index in [-0.39, 0.29) is 17.9 Å². The number of amides is 1. The Morgan fingerprint density at radius 3 is 2.63 bits per heavy atom. The number of pyridine rings is 1. The highest BCUT2D eigenvalue weighted by Gasteiger charge is 2.24. The molecule has 1 saturated heterocycles. The fourth-order valence-corrected chi connectivity index (χ4v) is 4.63. The van der Waals surface area contributed by atoms with Crippen molar-refractivity contribution in [2.75, 3.05) is 52.3 Å². The summed E-state index contributed by atoms with van der Waals surface area (Å²) in [7, 11) is 4.01. The Hall–Kier alpha value is -3.27. The third-order valence-corrected chi connectivity index (χ3v) is 6.91. The number of anilines is 1. The number of rotatable bonds is 5. The molecule has 0 saturated carbocycles. The van der Waals surface area contributed by atoms with Crippen LogP contribution in [0.4, 0.5) is 5.69 Å². The van der Waals surface area contributed by atoms with Gasteiger partial charge in [-0.05, 0) is 81.4 Å². The van der Waals surface area contributed by atoms with Crippen LogP contribution in [0.1, 0.15) is 35.2 Å². The Morgan fingerprint density at radius 2 is 1.97 bits per heavy atom. The maximum absolute atomic E-state index is 12.9. The van der Waals surface area contributed by atoms with Gasteiger partial charge >= 0.3 is 0 Å². The Kier molecular flexibility index (Phi) is 8.12. The molecule has 0 radical (unpaired) electrons. The van der Waals surface area contributed by atoms with E-state index < -0.39 is 0 Å². The predicted octanol–water partition coefficient (Wildman–Crippen LogP) is 2.13. The molecule has 186 valence electrons. The van der Waals surface area contributed by atoms with Crippen molar-refractivity contribution in [2.24, 2.45) is 10.7 Å². The Labute approximate surface area is 206 Å². The quantitative estimate of drug-likeness (QED) is 0.390. The number of aromatic nitrogens is 1. The molecule has 9 nitrogen and oxygen atoms in total. The van der Waals surface area contributed by atoms with E-state index in [4.69, 9.17) is 11.1 Å². The normalized spacial score (nSPS) is 18.3. The second kappa shape index (κ2) is 11.4. The highest BCUT2D eigenvalue weighted by atomic mass is 16.2. The van der Waals surface area contributed by atoms with Gasteiger partial charge in [0.25, 0.3) is 5.91 Å². The number of nitrogens with zero attached hydrogens (tertiary/aromatic N) is 4. The SMILES string of the molecule is CN1CCC(N(C)C(=O)c2ccc(NC(=N)/N=c3\[nH]cccc3C3=CCN(CN)CC3)cc2)CC1. The van der Waals surface area contributed by atoms with Crippen molar-refractivity contribution in [3.05, 3.63) is 65.3 Å². The van der Waals surface area contributed by atoms with E-state index in [1.165, 1.54) is 5.57 Å². The van der Waals surface area contributed by atoms with Crippen molar-refractivity contribution in [2.45, 2.75) is 25.3 Å². The van der Waals surface area contributed by atoms with E-state index in [2.05, 4.69) is 38.2 Å². The molecule has 2 aromatic rings. The predicted molar refractivity (Wildman–Crippen MR) is 140 cm³/mol. The summed E-state index contributed by atoms with van der Waals surface area (Å²) in [6.45, 7) is 4.30. The highest BCUT2D eigenvalue weighted by molar-refractivity contribution is 5.96. The van der Waals surface area contributed by atoms with Crippen LogP contribution in [0, 0.1) is 5.41 Å². The van der Waals surface area contributed by atoms with E-state index in [1.54, 1.807) is 12.1 Å². The van der Waals surface area contributed by atoms with Gasteiger partial charge in [0, 0.05) is 55.9 Å². The largest absolute Gasteiger partial charge is 0.346 e. The van der Waals surface area contributed by atoms with Crippen LogP contribution in [0.3, 0.4) is 0 Å². The number of piperidine rings is 1. The molecule has 0 aliphatic carbocycles. The fraction of sp³-hybridized carbons (Fsp3) is 0.423. The summed E-state index contributed by atoms with van der Waals surface area (Å²) < 4.78 is 0. The molecule has 3 heterocycles. The second-order valence-corrected chi connectivity index (χ2v) is 9.28. The van der Waals surface area contributed by atoms with Gasteiger partial charge in [0.05, 0.1) is 0 Å². The van der Waals surface area contributed by atoms with Gasteiger partial charge in [0.2, 0.25) is 5.96 Å². The van der Waals surface area contributed by atoms with Crippen LogP contribution in [0.5, 0.6) is 0 Å². The third-order valence-electron chi connectivity index (χ3n) is 6.91. The molecule has 1 fully saturated rings. The highest BCUT2D eigenvalue weighted by Crippen LogP contribution is 2.20. The summed E-state index contributed by atoms with van der Waals surface area (Å²) in [6, 6.07) is 11.5. The lowest BCUT2D eigenvalue weighted by atomic mass is 10.0. The number of nitrogens with two attached hydrogens (primary N) is 1. The monoisotopic (exact) mass is 476 g/mol. The van der Waals surface area contributed by atoms with Gasteiger partial charge in [-0.3, -0.25) is 15.1 Å². The molecule has 35 heavy (non-hydrogen) atoms. The summed E-state index contributed by atoms with van der Waals surface area (Å²) in [5, 5.41) is 11.4. The van der Waals surface area contributed by atoms with Crippen LogP contribution < -0.4 is 16.5 Å². The Bertz CT molecular complexity index is 1130. The molecular formula is C26H36N8O. The second-order valence-electron chi connectivity index (χ2n) is 9.28. The van der Waals surface area contributed by atoms with Gasteiger partial charge in [-0.2, -0.15) is 4.99 Å². The number of H-pyrrole nitrogens is 1. The first-order chi connectivity index (χ1) is 16.9. The minimum absolute atomic E-state index is 0.0243. The summed E-state index contributed by atoms with van der Waals surface area (Å²) >= 11 is 0. The van der Waals surface area contributed by atoms with E-state index in [0.29, 0.717) is 23.4 Å². The summed E-state index contributed by atoms with van der Waals surface area (Å²) in [4.78, 5) is 26.9. The standard InChI is InChI=1S/C26H36N8O/c1-32-14-11-22(12-15-32)33(2)25(35)20-5-7-21(8-6-20)30-26(28)31-24-23(4-3-13-29-24)19-9-16-34(18-27)17-10-19/h3-9,13,22H,10-12,14-18,27H2,1-2H3,(H3,28,29,30,31). The first-order valence-corrected chi connectivity index (χ1v) is 12.2. The zero-order chi connectivity index (χ0) is 24.8. The molecule has 5 N–H and O–H groups in total. The maximum atomic E-state index is 12.9. The topological polar surface area (TPSA) is 117 Å². The van der Waals surface area contributed by atoms with Crippen LogP contribution in [-0.4, -0.2) is 84.5 Å².